The highest BCUT2D eigenvalue weighted by Gasteiger charge is 2.13. The van der Waals surface area contributed by atoms with Crippen LogP contribution in [-0.4, -0.2) is 26.1 Å². The topological polar surface area (TPSA) is 73.6 Å². The molecule has 0 aromatic heterocycles. The molecular weight excluding hydrogens is 280 g/mol. The molecule has 116 valence electrons. The summed E-state index contributed by atoms with van der Waals surface area (Å²) in [6, 6.07) is 14.6. The lowest BCUT2D eigenvalue weighted by atomic mass is 10.1. The van der Waals surface area contributed by atoms with Crippen molar-refractivity contribution in [1.29, 1.82) is 0 Å². The van der Waals surface area contributed by atoms with Gasteiger partial charge in [0.15, 0.2) is 0 Å². The van der Waals surface area contributed by atoms with Crippen LogP contribution in [0.25, 0.3) is 0 Å². The maximum Gasteiger partial charge on any atom is 0.255 e. The molecule has 0 saturated heterocycles. The fraction of sp³-hybridized carbons (Fsp3) is 0.235. The maximum absolute atomic E-state index is 12.1. The highest BCUT2D eigenvalue weighted by atomic mass is 16.5. The number of benzene rings is 2. The Hall–Kier alpha value is -2.53. The number of amides is 1. The standard InChI is InChI=1S/C17H20N2O3/c1-21-16-12-14(22-13-6-3-2-4-7-13)8-9-15(16)17(20)19-11-5-10-18/h2-4,6-9,12H,5,10-11,18H2,1H3,(H,19,20). The summed E-state index contributed by atoms with van der Waals surface area (Å²) in [5, 5.41) is 2.80. The fourth-order valence-corrected chi connectivity index (χ4v) is 1.95. The average molecular weight is 300 g/mol. The number of nitrogens with two attached hydrogens (primary N) is 1. The first kappa shape index (κ1) is 15.9. The van der Waals surface area contributed by atoms with Gasteiger partial charge in [-0.05, 0) is 37.2 Å². The summed E-state index contributed by atoms with van der Waals surface area (Å²) in [6.45, 7) is 1.09. The first-order valence-electron chi connectivity index (χ1n) is 7.14. The molecule has 5 nitrogen and oxygen atoms in total. The molecule has 0 heterocycles. The highest BCUT2D eigenvalue weighted by molar-refractivity contribution is 5.97. The van der Waals surface area contributed by atoms with Crippen molar-refractivity contribution in [2.75, 3.05) is 20.2 Å². The molecule has 0 unspecified atom stereocenters. The lowest BCUT2D eigenvalue weighted by Crippen LogP contribution is -2.26. The molecule has 2 rings (SSSR count). The van der Waals surface area contributed by atoms with Crippen LogP contribution in [0.5, 0.6) is 17.2 Å². The number of hydrogen-bond acceptors (Lipinski definition) is 4. The fourth-order valence-electron chi connectivity index (χ4n) is 1.95. The molecule has 0 aliphatic rings. The number of rotatable bonds is 7. The number of hydrogen-bond donors (Lipinski definition) is 2. The number of carbonyl (C=O) groups excluding carboxylic acids is 1. The Morgan fingerprint density at radius 1 is 1.14 bits per heavy atom. The zero-order valence-corrected chi connectivity index (χ0v) is 12.5. The largest absolute Gasteiger partial charge is 0.496 e. The minimum absolute atomic E-state index is 0.184. The Balaban J connectivity index is 2.12. The third kappa shape index (κ3) is 4.23. The Morgan fingerprint density at radius 2 is 1.91 bits per heavy atom. The third-order valence-corrected chi connectivity index (χ3v) is 3.06. The summed E-state index contributed by atoms with van der Waals surface area (Å²) < 4.78 is 11.0. The van der Waals surface area contributed by atoms with E-state index in [1.807, 2.05) is 30.3 Å². The summed E-state index contributed by atoms with van der Waals surface area (Å²) in [6.07, 6.45) is 0.739. The molecule has 0 spiro atoms. The third-order valence-electron chi connectivity index (χ3n) is 3.06. The number of para-hydroxylation sites is 1. The number of methoxy groups -OCH3 is 1. The van der Waals surface area contributed by atoms with Crippen molar-refractivity contribution < 1.29 is 14.3 Å². The van der Waals surface area contributed by atoms with Crippen LogP contribution in [-0.2, 0) is 0 Å². The number of carbonyl (C=O) groups is 1. The van der Waals surface area contributed by atoms with Crippen molar-refractivity contribution in [3.8, 4) is 17.2 Å². The summed E-state index contributed by atoms with van der Waals surface area (Å²) in [7, 11) is 1.53. The molecule has 0 bridgehead atoms. The van der Waals surface area contributed by atoms with E-state index in [1.165, 1.54) is 7.11 Å². The first-order valence-corrected chi connectivity index (χ1v) is 7.14. The molecule has 2 aromatic carbocycles. The van der Waals surface area contributed by atoms with E-state index in [-0.39, 0.29) is 5.91 Å². The van der Waals surface area contributed by atoms with E-state index in [0.29, 0.717) is 30.2 Å². The minimum atomic E-state index is -0.184. The SMILES string of the molecule is COc1cc(Oc2ccccc2)ccc1C(=O)NCCCN. The van der Waals surface area contributed by atoms with Gasteiger partial charge < -0.3 is 20.5 Å². The Morgan fingerprint density at radius 3 is 2.59 bits per heavy atom. The molecule has 1 amide bonds. The maximum atomic E-state index is 12.1. The summed E-state index contributed by atoms with van der Waals surface area (Å²) >= 11 is 0. The predicted octanol–water partition coefficient (Wildman–Crippen LogP) is 2.57. The van der Waals surface area contributed by atoms with E-state index in [1.54, 1.807) is 18.2 Å². The normalized spacial score (nSPS) is 10.1. The molecule has 0 aliphatic carbocycles. The molecule has 0 atom stereocenters. The van der Waals surface area contributed by atoms with Gasteiger partial charge in [-0.1, -0.05) is 18.2 Å². The lowest BCUT2D eigenvalue weighted by molar-refractivity contribution is 0.0950. The summed E-state index contributed by atoms with van der Waals surface area (Å²) in [4.78, 5) is 12.1. The molecule has 22 heavy (non-hydrogen) atoms. The van der Waals surface area contributed by atoms with Gasteiger partial charge >= 0.3 is 0 Å². The molecular formula is C17H20N2O3. The van der Waals surface area contributed by atoms with Crippen molar-refractivity contribution in [2.45, 2.75) is 6.42 Å². The average Bonchev–Trinajstić information content (AvgIpc) is 2.55. The van der Waals surface area contributed by atoms with Crippen LogP contribution in [0.3, 0.4) is 0 Å². The van der Waals surface area contributed by atoms with Gasteiger partial charge in [0.2, 0.25) is 0 Å². The van der Waals surface area contributed by atoms with Crippen LogP contribution < -0.4 is 20.5 Å². The first-order chi connectivity index (χ1) is 10.7. The van der Waals surface area contributed by atoms with Crippen LogP contribution in [0, 0.1) is 0 Å². The van der Waals surface area contributed by atoms with Crippen LogP contribution >= 0.6 is 0 Å². The second kappa shape index (κ2) is 8.05. The van der Waals surface area contributed by atoms with Gasteiger partial charge in [0.25, 0.3) is 5.91 Å². The van der Waals surface area contributed by atoms with Crippen molar-refractivity contribution >= 4 is 5.91 Å². The second-order valence-electron chi connectivity index (χ2n) is 4.68. The quantitative estimate of drug-likeness (QED) is 0.771. The highest BCUT2D eigenvalue weighted by Crippen LogP contribution is 2.28. The van der Waals surface area contributed by atoms with Crippen LogP contribution in [0.4, 0.5) is 0 Å². The van der Waals surface area contributed by atoms with E-state index in [2.05, 4.69) is 5.32 Å². The van der Waals surface area contributed by atoms with Crippen molar-refractivity contribution in [2.24, 2.45) is 5.73 Å². The van der Waals surface area contributed by atoms with Gasteiger partial charge in [0, 0.05) is 12.6 Å². The summed E-state index contributed by atoms with van der Waals surface area (Å²) in [5.74, 6) is 1.63. The number of ether oxygens (including phenoxy) is 2. The Bertz CT molecular complexity index is 615. The van der Waals surface area contributed by atoms with E-state index in [9.17, 15) is 4.79 Å². The molecule has 5 heteroatoms. The minimum Gasteiger partial charge on any atom is -0.496 e. The smallest absolute Gasteiger partial charge is 0.255 e. The zero-order valence-electron chi connectivity index (χ0n) is 12.5. The van der Waals surface area contributed by atoms with E-state index >= 15 is 0 Å². The zero-order chi connectivity index (χ0) is 15.8. The Kier molecular flexibility index (Phi) is 5.80. The van der Waals surface area contributed by atoms with E-state index in [4.69, 9.17) is 15.2 Å². The number of nitrogens with one attached hydrogen (secondary N) is 1. The van der Waals surface area contributed by atoms with Crippen LogP contribution in [0.2, 0.25) is 0 Å². The van der Waals surface area contributed by atoms with Gasteiger partial charge in [-0.3, -0.25) is 4.79 Å². The predicted molar refractivity (Wildman–Crippen MR) is 85.5 cm³/mol. The van der Waals surface area contributed by atoms with Gasteiger partial charge in [0.05, 0.1) is 12.7 Å². The van der Waals surface area contributed by atoms with Crippen molar-refractivity contribution in [1.82, 2.24) is 5.32 Å². The molecule has 2 aromatic rings. The molecule has 0 saturated carbocycles. The van der Waals surface area contributed by atoms with Gasteiger partial charge in [-0.25, -0.2) is 0 Å². The molecule has 3 N–H and O–H groups in total. The van der Waals surface area contributed by atoms with E-state index < -0.39 is 0 Å². The molecule has 0 radical (unpaired) electrons. The second-order valence-corrected chi connectivity index (χ2v) is 4.68. The van der Waals surface area contributed by atoms with E-state index in [0.717, 1.165) is 12.2 Å². The molecule has 0 aliphatic heterocycles. The summed E-state index contributed by atoms with van der Waals surface area (Å²) in [5.41, 5.74) is 5.88. The van der Waals surface area contributed by atoms with Crippen molar-refractivity contribution in [3.63, 3.8) is 0 Å². The van der Waals surface area contributed by atoms with Gasteiger partial charge in [-0.15, -0.1) is 0 Å². The van der Waals surface area contributed by atoms with Gasteiger partial charge in [0.1, 0.15) is 17.2 Å². The Labute approximate surface area is 130 Å². The molecule has 0 fully saturated rings. The van der Waals surface area contributed by atoms with Gasteiger partial charge in [-0.2, -0.15) is 0 Å². The van der Waals surface area contributed by atoms with Crippen LogP contribution in [0.1, 0.15) is 16.8 Å². The monoisotopic (exact) mass is 300 g/mol. The van der Waals surface area contributed by atoms with Crippen molar-refractivity contribution in [3.05, 3.63) is 54.1 Å². The van der Waals surface area contributed by atoms with Crippen LogP contribution in [0.15, 0.2) is 48.5 Å². The lowest BCUT2D eigenvalue weighted by Gasteiger charge is -2.11.